The van der Waals surface area contributed by atoms with Gasteiger partial charge in [-0.25, -0.2) is 0 Å². The lowest BCUT2D eigenvalue weighted by Crippen LogP contribution is -2.46. The number of hydrogen-bond acceptors (Lipinski definition) is 6. The van der Waals surface area contributed by atoms with E-state index in [4.69, 9.17) is 9.47 Å². The summed E-state index contributed by atoms with van der Waals surface area (Å²) >= 11 is 0. The number of ether oxygens (including phenoxy) is 2. The molecule has 6 heteroatoms. The van der Waals surface area contributed by atoms with Crippen LogP contribution >= 0.6 is 0 Å². The number of Topliss-reactive ketones (excluding diaryl/α,β-unsaturated/α-hetero) is 1. The fourth-order valence-corrected chi connectivity index (χ4v) is 3.17. The Balaban J connectivity index is 2.29. The van der Waals surface area contributed by atoms with E-state index < -0.39 is 0 Å². The van der Waals surface area contributed by atoms with Crippen LogP contribution < -0.4 is 5.32 Å². The molecule has 2 atom stereocenters. The second-order valence-corrected chi connectivity index (χ2v) is 6.56. The molecule has 0 spiro atoms. The van der Waals surface area contributed by atoms with Crippen LogP contribution in [0.1, 0.15) is 78.1 Å². The van der Waals surface area contributed by atoms with Crippen LogP contribution in [0.15, 0.2) is 0 Å². The zero-order valence-corrected chi connectivity index (χ0v) is 15.7. The maximum absolute atomic E-state index is 12.1. The van der Waals surface area contributed by atoms with Crippen molar-refractivity contribution in [3.63, 3.8) is 0 Å². The lowest BCUT2D eigenvalue weighted by molar-refractivity contribution is -0.146. The van der Waals surface area contributed by atoms with Crippen molar-refractivity contribution in [1.82, 2.24) is 5.32 Å². The highest BCUT2D eigenvalue weighted by molar-refractivity contribution is 5.80. The van der Waals surface area contributed by atoms with Gasteiger partial charge in [0.05, 0.1) is 13.2 Å². The molecule has 0 radical (unpaired) electrons. The van der Waals surface area contributed by atoms with Gasteiger partial charge < -0.3 is 14.8 Å². The standard InChI is InChI=1S/C19H33NO5/c1-3-24-18(22)13-8-6-5-7-12-17(19(23)25-4-2)20-15-10-9-11-16(21)14-15/h15,17,20H,3-14H2,1-2H3. The molecule has 1 fully saturated rings. The van der Waals surface area contributed by atoms with Gasteiger partial charge in [0.2, 0.25) is 0 Å². The van der Waals surface area contributed by atoms with Gasteiger partial charge in [0, 0.05) is 25.3 Å². The molecule has 0 aromatic carbocycles. The van der Waals surface area contributed by atoms with E-state index in [0.29, 0.717) is 38.9 Å². The molecule has 0 amide bonds. The molecule has 0 aromatic heterocycles. The third kappa shape index (κ3) is 9.58. The van der Waals surface area contributed by atoms with Gasteiger partial charge in [-0.1, -0.05) is 19.3 Å². The number of hydrogen-bond donors (Lipinski definition) is 1. The van der Waals surface area contributed by atoms with Crippen molar-refractivity contribution in [3.05, 3.63) is 0 Å². The first kappa shape index (κ1) is 21.6. The van der Waals surface area contributed by atoms with Crippen LogP contribution in [0.5, 0.6) is 0 Å². The lowest BCUT2D eigenvalue weighted by Gasteiger charge is -2.27. The summed E-state index contributed by atoms with van der Waals surface area (Å²) in [4.78, 5) is 35.0. The summed E-state index contributed by atoms with van der Waals surface area (Å²) in [5.74, 6) is -0.104. The van der Waals surface area contributed by atoms with Crippen LogP contribution in [0.25, 0.3) is 0 Å². The molecule has 0 aliphatic heterocycles. The zero-order valence-electron chi connectivity index (χ0n) is 15.7. The highest BCUT2D eigenvalue weighted by Crippen LogP contribution is 2.17. The van der Waals surface area contributed by atoms with Gasteiger partial charge in [0.15, 0.2) is 0 Å². The molecule has 1 N–H and O–H groups in total. The maximum atomic E-state index is 12.1. The van der Waals surface area contributed by atoms with E-state index in [9.17, 15) is 14.4 Å². The van der Waals surface area contributed by atoms with E-state index in [0.717, 1.165) is 38.5 Å². The van der Waals surface area contributed by atoms with Gasteiger partial charge in [-0.15, -0.1) is 0 Å². The fraction of sp³-hybridized carbons (Fsp3) is 0.842. The van der Waals surface area contributed by atoms with Gasteiger partial charge in [0.25, 0.3) is 0 Å². The van der Waals surface area contributed by atoms with Crippen molar-refractivity contribution in [2.24, 2.45) is 0 Å². The van der Waals surface area contributed by atoms with E-state index in [-0.39, 0.29) is 29.8 Å². The van der Waals surface area contributed by atoms with Crippen molar-refractivity contribution in [1.29, 1.82) is 0 Å². The smallest absolute Gasteiger partial charge is 0.323 e. The number of rotatable bonds is 12. The van der Waals surface area contributed by atoms with Crippen LogP contribution in [-0.4, -0.2) is 43.0 Å². The van der Waals surface area contributed by atoms with Gasteiger partial charge in [-0.2, -0.15) is 0 Å². The van der Waals surface area contributed by atoms with Gasteiger partial charge >= 0.3 is 11.9 Å². The number of ketones is 1. The molecular formula is C19H33NO5. The first-order valence-electron chi connectivity index (χ1n) is 9.66. The molecule has 6 nitrogen and oxygen atoms in total. The molecule has 144 valence electrons. The molecule has 2 unspecified atom stereocenters. The average molecular weight is 355 g/mol. The van der Waals surface area contributed by atoms with Crippen LogP contribution in [-0.2, 0) is 23.9 Å². The number of carbonyl (C=O) groups is 3. The highest BCUT2D eigenvalue weighted by atomic mass is 16.5. The summed E-state index contributed by atoms with van der Waals surface area (Å²) in [6.07, 6.45) is 7.74. The van der Waals surface area contributed by atoms with Gasteiger partial charge in [-0.05, 0) is 39.5 Å². The van der Waals surface area contributed by atoms with Crippen molar-refractivity contribution in [2.75, 3.05) is 13.2 Å². The molecule has 0 aromatic rings. The average Bonchev–Trinajstić information content (AvgIpc) is 2.57. The number of esters is 2. The fourth-order valence-electron chi connectivity index (χ4n) is 3.17. The molecular weight excluding hydrogens is 322 g/mol. The third-order valence-corrected chi connectivity index (χ3v) is 4.42. The minimum absolute atomic E-state index is 0.0828. The Bertz CT molecular complexity index is 424. The molecule has 25 heavy (non-hydrogen) atoms. The van der Waals surface area contributed by atoms with Crippen LogP contribution in [0.3, 0.4) is 0 Å². The van der Waals surface area contributed by atoms with E-state index in [2.05, 4.69) is 5.32 Å². The monoisotopic (exact) mass is 355 g/mol. The lowest BCUT2D eigenvalue weighted by atomic mass is 9.93. The first-order chi connectivity index (χ1) is 12.1. The minimum Gasteiger partial charge on any atom is -0.466 e. The van der Waals surface area contributed by atoms with Gasteiger partial charge in [-0.3, -0.25) is 14.4 Å². The third-order valence-electron chi connectivity index (χ3n) is 4.42. The SMILES string of the molecule is CCOC(=O)CCCCCCC(NC1CCCC(=O)C1)C(=O)OCC. The normalized spacial score (nSPS) is 18.6. The minimum atomic E-state index is -0.346. The van der Waals surface area contributed by atoms with E-state index in [1.54, 1.807) is 13.8 Å². The predicted molar refractivity (Wildman–Crippen MR) is 95.2 cm³/mol. The Morgan fingerprint density at radius 2 is 1.84 bits per heavy atom. The number of nitrogens with one attached hydrogen (secondary N) is 1. The largest absolute Gasteiger partial charge is 0.466 e. The van der Waals surface area contributed by atoms with E-state index in [1.165, 1.54) is 0 Å². The summed E-state index contributed by atoms with van der Waals surface area (Å²) in [5, 5.41) is 3.33. The Hall–Kier alpha value is -1.43. The molecule has 0 bridgehead atoms. The molecule has 1 rings (SSSR count). The first-order valence-corrected chi connectivity index (χ1v) is 9.66. The quantitative estimate of drug-likeness (QED) is 0.428. The molecule has 1 aliphatic rings. The van der Waals surface area contributed by atoms with Crippen LogP contribution in [0.2, 0.25) is 0 Å². The van der Waals surface area contributed by atoms with Gasteiger partial charge in [0.1, 0.15) is 11.8 Å². The summed E-state index contributed by atoms with van der Waals surface area (Å²) in [6, 6.07) is -0.264. The second kappa shape index (κ2) is 12.9. The second-order valence-electron chi connectivity index (χ2n) is 6.56. The number of unbranched alkanes of at least 4 members (excludes halogenated alkanes) is 3. The number of carbonyl (C=O) groups excluding carboxylic acids is 3. The van der Waals surface area contributed by atoms with Crippen LogP contribution in [0, 0.1) is 0 Å². The zero-order chi connectivity index (χ0) is 18.5. The van der Waals surface area contributed by atoms with Crippen molar-refractivity contribution < 1.29 is 23.9 Å². The maximum Gasteiger partial charge on any atom is 0.323 e. The molecule has 0 saturated heterocycles. The summed E-state index contributed by atoms with van der Waals surface area (Å²) in [5.41, 5.74) is 0. The summed E-state index contributed by atoms with van der Waals surface area (Å²) in [7, 11) is 0. The van der Waals surface area contributed by atoms with Crippen molar-refractivity contribution in [3.8, 4) is 0 Å². The summed E-state index contributed by atoms with van der Waals surface area (Å²) < 4.78 is 10.1. The molecule has 0 heterocycles. The Labute approximate surface area is 151 Å². The Morgan fingerprint density at radius 1 is 1.12 bits per heavy atom. The van der Waals surface area contributed by atoms with E-state index >= 15 is 0 Å². The topological polar surface area (TPSA) is 81.7 Å². The molecule has 1 aliphatic carbocycles. The van der Waals surface area contributed by atoms with Crippen LogP contribution in [0.4, 0.5) is 0 Å². The van der Waals surface area contributed by atoms with Crippen molar-refractivity contribution in [2.45, 2.75) is 90.1 Å². The Morgan fingerprint density at radius 3 is 2.52 bits per heavy atom. The Kier molecular flexibility index (Phi) is 11.1. The highest BCUT2D eigenvalue weighted by Gasteiger charge is 2.26. The predicted octanol–water partition coefficient (Wildman–Crippen LogP) is 2.92. The van der Waals surface area contributed by atoms with E-state index in [1.807, 2.05) is 0 Å². The summed E-state index contributed by atoms with van der Waals surface area (Å²) in [6.45, 7) is 4.39. The molecule has 1 saturated carbocycles. The van der Waals surface area contributed by atoms with Crippen molar-refractivity contribution >= 4 is 17.7 Å².